The van der Waals surface area contributed by atoms with Gasteiger partial charge in [0.1, 0.15) is 11.5 Å². The van der Waals surface area contributed by atoms with E-state index in [-0.39, 0.29) is 11.2 Å². The van der Waals surface area contributed by atoms with E-state index >= 15 is 0 Å². The molecule has 106 valence electrons. The first kappa shape index (κ1) is 14.8. The molecule has 3 aromatic rings. The maximum atomic E-state index is 12.3. The van der Waals surface area contributed by atoms with Crippen molar-refractivity contribution in [3.63, 3.8) is 0 Å². The molecule has 21 heavy (non-hydrogen) atoms. The van der Waals surface area contributed by atoms with Gasteiger partial charge in [-0.2, -0.15) is 0 Å². The molecule has 1 heterocycles. The molecule has 0 aliphatic rings. The Kier molecular flexibility index (Phi) is 3.94. The summed E-state index contributed by atoms with van der Waals surface area (Å²) in [5, 5.41) is 10.0. The number of rotatable bonds is 1. The largest absolute Gasteiger partial charge is 0.507 e. The van der Waals surface area contributed by atoms with Crippen LogP contribution in [0.5, 0.6) is 5.75 Å². The van der Waals surface area contributed by atoms with Crippen LogP contribution in [0.15, 0.2) is 59.0 Å². The molecule has 0 aliphatic heterocycles. The maximum Gasteiger partial charge on any atom is 0.193 e. The third-order valence-electron chi connectivity index (χ3n) is 2.98. The molecule has 1 aromatic heterocycles. The van der Waals surface area contributed by atoms with Crippen molar-refractivity contribution in [2.24, 2.45) is 0 Å². The van der Waals surface area contributed by atoms with E-state index in [2.05, 4.69) is 47.8 Å². The smallest absolute Gasteiger partial charge is 0.193 e. The third kappa shape index (κ3) is 2.80. The normalized spacial score (nSPS) is 11.0. The SMILES string of the molecule is O=c1cc(-c2ccc(O)c(Br)c2)oc2c(Br)cc(Br)cc12. The molecule has 3 rings (SSSR count). The zero-order valence-corrected chi connectivity index (χ0v) is 15.1. The minimum atomic E-state index is -0.127. The number of phenolic OH excluding ortho intramolecular Hbond substituents is 1. The van der Waals surface area contributed by atoms with E-state index < -0.39 is 0 Å². The van der Waals surface area contributed by atoms with Crippen LogP contribution in [0.3, 0.4) is 0 Å². The van der Waals surface area contributed by atoms with Gasteiger partial charge in [0, 0.05) is 16.1 Å². The second-order valence-electron chi connectivity index (χ2n) is 4.41. The molecule has 0 saturated carbocycles. The summed E-state index contributed by atoms with van der Waals surface area (Å²) >= 11 is 10.0. The van der Waals surface area contributed by atoms with Crippen molar-refractivity contribution in [3.05, 3.63) is 60.0 Å². The number of hydrogen-bond acceptors (Lipinski definition) is 3. The van der Waals surface area contributed by atoms with E-state index in [4.69, 9.17) is 4.42 Å². The van der Waals surface area contributed by atoms with Crippen molar-refractivity contribution in [1.29, 1.82) is 0 Å². The lowest BCUT2D eigenvalue weighted by Gasteiger charge is -2.06. The Morgan fingerprint density at radius 2 is 1.71 bits per heavy atom. The molecule has 1 N–H and O–H groups in total. The highest BCUT2D eigenvalue weighted by molar-refractivity contribution is 9.11. The van der Waals surface area contributed by atoms with E-state index in [9.17, 15) is 9.90 Å². The molecule has 0 amide bonds. The topological polar surface area (TPSA) is 50.4 Å². The number of hydrogen-bond donors (Lipinski definition) is 1. The summed E-state index contributed by atoms with van der Waals surface area (Å²) < 4.78 is 7.88. The molecule has 0 spiro atoms. The predicted octanol–water partition coefficient (Wildman–Crippen LogP) is 5.45. The van der Waals surface area contributed by atoms with Crippen molar-refractivity contribution in [2.75, 3.05) is 0 Å². The highest BCUT2D eigenvalue weighted by Crippen LogP contribution is 2.33. The minimum Gasteiger partial charge on any atom is -0.507 e. The van der Waals surface area contributed by atoms with Gasteiger partial charge in [0.2, 0.25) is 0 Å². The maximum absolute atomic E-state index is 12.3. The minimum absolute atomic E-state index is 0.127. The molecule has 0 fully saturated rings. The average molecular weight is 475 g/mol. The molecule has 3 nitrogen and oxygen atoms in total. The van der Waals surface area contributed by atoms with Crippen LogP contribution in [0.1, 0.15) is 0 Å². The van der Waals surface area contributed by atoms with Crippen LogP contribution in [-0.4, -0.2) is 5.11 Å². The molecule has 0 atom stereocenters. The Balaban J connectivity index is 2.30. The van der Waals surface area contributed by atoms with Gasteiger partial charge in [0.25, 0.3) is 0 Å². The van der Waals surface area contributed by atoms with E-state index in [1.807, 2.05) is 6.07 Å². The summed E-state index contributed by atoms with van der Waals surface area (Å²) in [7, 11) is 0. The van der Waals surface area contributed by atoms with Crippen LogP contribution in [-0.2, 0) is 0 Å². The van der Waals surface area contributed by atoms with Crippen LogP contribution in [0.25, 0.3) is 22.3 Å². The van der Waals surface area contributed by atoms with Gasteiger partial charge in [-0.25, -0.2) is 0 Å². The second-order valence-corrected chi connectivity index (χ2v) is 7.03. The summed E-state index contributed by atoms with van der Waals surface area (Å²) in [6, 6.07) is 9.92. The lowest BCUT2D eigenvalue weighted by molar-refractivity contribution is 0.472. The number of aromatic hydroxyl groups is 1. The Hall–Kier alpha value is -1.11. The fraction of sp³-hybridized carbons (Fsp3) is 0. The quantitative estimate of drug-likeness (QED) is 0.510. The molecule has 0 aliphatic carbocycles. The fourth-order valence-corrected chi connectivity index (χ4v) is 3.67. The standard InChI is InChI=1S/C15H7Br3O3/c16-8-4-9-13(20)6-14(21-15(9)11(18)5-8)7-1-2-12(19)10(17)3-7/h1-6,19H. The Bertz CT molecular complexity index is 916. The zero-order chi connectivity index (χ0) is 15.1. The molecule has 0 unspecified atom stereocenters. The zero-order valence-electron chi connectivity index (χ0n) is 10.4. The lowest BCUT2D eigenvalue weighted by atomic mass is 10.1. The number of halogens is 3. The van der Waals surface area contributed by atoms with Crippen LogP contribution in [0.2, 0.25) is 0 Å². The first-order chi connectivity index (χ1) is 9.95. The van der Waals surface area contributed by atoms with Crippen LogP contribution >= 0.6 is 47.8 Å². The van der Waals surface area contributed by atoms with Gasteiger partial charge < -0.3 is 9.52 Å². The van der Waals surface area contributed by atoms with Crippen molar-refractivity contribution < 1.29 is 9.52 Å². The van der Waals surface area contributed by atoms with E-state index in [0.29, 0.717) is 31.2 Å². The molecule has 0 bridgehead atoms. The van der Waals surface area contributed by atoms with Gasteiger partial charge in [-0.05, 0) is 62.2 Å². The molecule has 2 aromatic carbocycles. The van der Waals surface area contributed by atoms with E-state index in [1.54, 1.807) is 24.3 Å². The van der Waals surface area contributed by atoms with Gasteiger partial charge >= 0.3 is 0 Å². The third-order valence-corrected chi connectivity index (χ3v) is 4.66. The Morgan fingerprint density at radius 1 is 0.952 bits per heavy atom. The van der Waals surface area contributed by atoms with Gasteiger partial charge in [-0.1, -0.05) is 15.9 Å². The van der Waals surface area contributed by atoms with Crippen LogP contribution in [0, 0.1) is 0 Å². The molecular weight excluding hydrogens is 468 g/mol. The first-order valence-corrected chi connectivity index (χ1v) is 8.25. The van der Waals surface area contributed by atoms with Gasteiger partial charge in [-0.15, -0.1) is 0 Å². The van der Waals surface area contributed by atoms with E-state index in [1.165, 1.54) is 6.07 Å². The van der Waals surface area contributed by atoms with Crippen LogP contribution in [0.4, 0.5) is 0 Å². The van der Waals surface area contributed by atoms with Gasteiger partial charge in [-0.3, -0.25) is 4.79 Å². The lowest BCUT2D eigenvalue weighted by Crippen LogP contribution is -2.00. The number of phenols is 1. The molecule has 0 saturated heterocycles. The van der Waals surface area contributed by atoms with Crippen molar-refractivity contribution in [3.8, 4) is 17.1 Å². The summed E-state index contributed by atoms with van der Waals surface area (Å²) in [5.41, 5.74) is 1.07. The Morgan fingerprint density at radius 3 is 2.43 bits per heavy atom. The summed E-state index contributed by atoms with van der Waals surface area (Å²) in [4.78, 5) is 12.3. The second kappa shape index (κ2) is 5.59. The highest BCUT2D eigenvalue weighted by atomic mass is 79.9. The van der Waals surface area contributed by atoms with E-state index in [0.717, 1.165) is 4.47 Å². The first-order valence-electron chi connectivity index (χ1n) is 5.87. The average Bonchev–Trinajstić information content (AvgIpc) is 2.43. The fourth-order valence-electron chi connectivity index (χ4n) is 1.99. The van der Waals surface area contributed by atoms with Crippen molar-refractivity contribution >= 4 is 58.8 Å². The Labute approximate surface area is 145 Å². The van der Waals surface area contributed by atoms with Gasteiger partial charge in [0.05, 0.1) is 14.3 Å². The van der Waals surface area contributed by atoms with Crippen molar-refractivity contribution in [2.45, 2.75) is 0 Å². The van der Waals surface area contributed by atoms with Crippen molar-refractivity contribution in [1.82, 2.24) is 0 Å². The monoisotopic (exact) mass is 472 g/mol. The molecule has 6 heteroatoms. The summed E-state index contributed by atoms with van der Waals surface area (Å²) in [6.45, 7) is 0. The molecule has 0 radical (unpaired) electrons. The number of benzene rings is 2. The van der Waals surface area contributed by atoms with Gasteiger partial charge in [0.15, 0.2) is 11.0 Å². The van der Waals surface area contributed by atoms with Crippen LogP contribution < -0.4 is 5.43 Å². The predicted molar refractivity (Wildman–Crippen MR) is 92.7 cm³/mol. The highest BCUT2D eigenvalue weighted by Gasteiger charge is 2.11. The molecular formula is C15H7Br3O3. The summed E-state index contributed by atoms with van der Waals surface area (Å²) in [5.74, 6) is 0.572. The number of fused-ring (bicyclic) bond motifs is 1. The summed E-state index contributed by atoms with van der Waals surface area (Å²) in [6.07, 6.45) is 0.